The molecule has 138 valence electrons. The van der Waals surface area contributed by atoms with Crippen molar-refractivity contribution in [3.05, 3.63) is 59.7 Å². The zero-order valence-electron chi connectivity index (χ0n) is 15.2. The van der Waals surface area contributed by atoms with E-state index in [1.807, 2.05) is 31.2 Å². The van der Waals surface area contributed by atoms with E-state index in [0.717, 1.165) is 11.3 Å². The van der Waals surface area contributed by atoms with E-state index in [4.69, 9.17) is 14.2 Å². The molecule has 6 heteroatoms. The number of methoxy groups -OCH3 is 1. The van der Waals surface area contributed by atoms with Crippen molar-refractivity contribution in [3.8, 4) is 5.75 Å². The highest BCUT2D eigenvalue weighted by Crippen LogP contribution is 2.17. The van der Waals surface area contributed by atoms with Crippen LogP contribution in [0, 0.1) is 6.92 Å². The van der Waals surface area contributed by atoms with E-state index in [-0.39, 0.29) is 12.5 Å². The molecular weight excluding hydrogens is 334 g/mol. The van der Waals surface area contributed by atoms with Crippen LogP contribution in [-0.4, -0.2) is 38.3 Å². The minimum atomic E-state index is -0.751. The molecule has 0 aliphatic carbocycles. The molecule has 1 atom stereocenters. The van der Waals surface area contributed by atoms with Crippen molar-refractivity contribution in [2.75, 3.05) is 25.6 Å². The zero-order chi connectivity index (χ0) is 18.9. The van der Waals surface area contributed by atoms with Gasteiger partial charge in [-0.3, -0.25) is 4.79 Å². The van der Waals surface area contributed by atoms with E-state index in [0.29, 0.717) is 17.9 Å². The van der Waals surface area contributed by atoms with Crippen molar-refractivity contribution < 1.29 is 23.8 Å². The number of carbonyl (C=O) groups excluding carboxylic acids is 2. The van der Waals surface area contributed by atoms with Gasteiger partial charge in [0.15, 0.2) is 6.10 Å². The quantitative estimate of drug-likeness (QED) is 0.580. The van der Waals surface area contributed by atoms with E-state index < -0.39 is 12.1 Å². The number of aryl methyl sites for hydroxylation is 1. The molecule has 0 spiro atoms. The lowest BCUT2D eigenvalue weighted by Gasteiger charge is -2.14. The second kappa shape index (κ2) is 9.58. The summed E-state index contributed by atoms with van der Waals surface area (Å²) >= 11 is 0. The van der Waals surface area contributed by atoms with Crippen LogP contribution >= 0.6 is 0 Å². The van der Waals surface area contributed by atoms with Gasteiger partial charge < -0.3 is 19.5 Å². The minimum absolute atomic E-state index is 0.182. The number of ether oxygens (including phenoxy) is 3. The van der Waals surface area contributed by atoms with E-state index >= 15 is 0 Å². The van der Waals surface area contributed by atoms with Crippen LogP contribution < -0.4 is 10.1 Å². The fourth-order valence-electron chi connectivity index (χ4n) is 2.19. The second-order valence-electron chi connectivity index (χ2n) is 5.71. The summed E-state index contributed by atoms with van der Waals surface area (Å²) in [4.78, 5) is 24.1. The van der Waals surface area contributed by atoms with Crippen LogP contribution in [0.25, 0.3) is 0 Å². The number of para-hydroxylation sites is 1. The number of hydrogen-bond donors (Lipinski definition) is 1. The molecule has 1 unspecified atom stereocenters. The number of anilines is 1. The first-order valence-corrected chi connectivity index (χ1v) is 8.30. The van der Waals surface area contributed by atoms with Crippen LogP contribution in [0.2, 0.25) is 0 Å². The fraction of sp³-hybridized carbons (Fsp3) is 0.300. The molecule has 1 N–H and O–H groups in total. The molecule has 1 amide bonds. The lowest BCUT2D eigenvalue weighted by Crippen LogP contribution is -2.27. The predicted molar refractivity (Wildman–Crippen MR) is 98.5 cm³/mol. The van der Waals surface area contributed by atoms with Gasteiger partial charge in [0, 0.05) is 18.4 Å². The van der Waals surface area contributed by atoms with Gasteiger partial charge in [0.25, 0.3) is 5.91 Å². The van der Waals surface area contributed by atoms with E-state index in [9.17, 15) is 9.59 Å². The Labute approximate surface area is 153 Å². The third-order valence-electron chi connectivity index (χ3n) is 3.69. The maximum absolute atomic E-state index is 12.3. The number of esters is 1. The SMILES string of the molecule is COCCOC(=O)C(C)Oc1ccc(C(=O)Nc2ccccc2C)cc1. The van der Waals surface area contributed by atoms with Gasteiger partial charge in [0.05, 0.1) is 6.61 Å². The van der Waals surface area contributed by atoms with Crippen molar-refractivity contribution in [1.29, 1.82) is 0 Å². The molecule has 0 aromatic heterocycles. The lowest BCUT2D eigenvalue weighted by molar-refractivity contribution is -0.152. The van der Waals surface area contributed by atoms with Crippen molar-refractivity contribution in [1.82, 2.24) is 0 Å². The van der Waals surface area contributed by atoms with Crippen LogP contribution in [0.1, 0.15) is 22.8 Å². The number of amides is 1. The largest absolute Gasteiger partial charge is 0.479 e. The summed E-state index contributed by atoms with van der Waals surface area (Å²) in [5.41, 5.74) is 2.25. The third kappa shape index (κ3) is 5.60. The summed E-state index contributed by atoms with van der Waals surface area (Å²) in [5.74, 6) is -0.199. The molecule has 0 bridgehead atoms. The van der Waals surface area contributed by atoms with Gasteiger partial charge in [-0.2, -0.15) is 0 Å². The number of benzene rings is 2. The molecule has 0 aliphatic heterocycles. The molecule has 0 saturated carbocycles. The van der Waals surface area contributed by atoms with Gasteiger partial charge in [0.2, 0.25) is 0 Å². The van der Waals surface area contributed by atoms with Gasteiger partial charge in [-0.25, -0.2) is 4.79 Å². The summed E-state index contributed by atoms with van der Waals surface area (Å²) in [5, 5.41) is 2.87. The molecule has 2 aromatic carbocycles. The summed E-state index contributed by atoms with van der Waals surface area (Å²) in [6.45, 7) is 4.05. The van der Waals surface area contributed by atoms with Gasteiger partial charge in [-0.05, 0) is 49.7 Å². The predicted octanol–water partition coefficient (Wildman–Crippen LogP) is 3.20. The highest BCUT2D eigenvalue weighted by Gasteiger charge is 2.16. The Morgan fingerprint density at radius 3 is 2.38 bits per heavy atom. The van der Waals surface area contributed by atoms with Gasteiger partial charge in [-0.15, -0.1) is 0 Å². The third-order valence-corrected chi connectivity index (χ3v) is 3.69. The summed E-state index contributed by atoms with van der Waals surface area (Å²) < 4.78 is 15.4. The minimum Gasteiger partial charge on any atom is -0.479 e. The highest BCUT2D eigenvalue weighted by molar-refractivity contribution is 6.04. The van der Waals surface area contributed by atoms with E-state index in [1.165, 1.54) is 7.11 Å². The number of rotatable bonds is 8. The Balaban J connectivity index is 1.92. The smallest absolute Gasteiger partial charge is 0.347 e. The number of hydrogen-bond acceptors (Lipinski definition) is 5. The Kier molecular flexibility index (Phi) is 7.17. The maximum atomic E-state index is 12.3. The second-order valence-corrected chi connectivity index (χ2v) is 5.71. The fourth-order valence-corrected chi connectivity index (χ4v) is 2.19. The molecule has 0 heterocycles. The standard InChI is InChI=1S/C20H23NO5/c1-14-6-4-5-7-18(14)21-19(22)16-8-10-17(11-9-16)26-15(2)20(23)25-13-12-24-3/h4-11,15H,12-13H2,1-3H3,(H,21,22). The monoisotopic (exact) mass is 357 g/mol. The van der Waals surface area contributed by atoms with Crippen LogP contribution in [0.15, 0.2) is 48.5 Å². The zero-order valence-corrected chi connectivity index (χ0v) is 15.2. The summed E-state index contributed by atoms with van der Waals surface area (Å²) in [6, 6.07) is 14.1. The van der Waals surface area contributed by atoms with Crippen LogP contribution in [0.5, 0.6) is 5.75 Å². The average molecular weight is 357 g/mol. The normalized spacial score (nSPS) is 11.5. The Morgan fingerprint density at radius 1 is 1.04 bits per heavy atom. The topological polar surface area (TPSA) is 73.9 Å². The number of carbonyl (C=O) groups is 2. The first kappa shape index (κ1) is 19.5. The lowest BCUT2D eigenvalue weighted by atomic mass is 10.1. The van der Waals surface area contributed by atoms with Crippen molar-refractivity contribution in [2.45, 2.75) is 20.0 Å². The maximum Gasteiger partial charge on any atom is 0.347 e. The summed E-state index contributed by atoms with van der Waals surface area (Å²) in [6.07, 6.45) is -0.751. The molecule has 0 radical (unpaired) electrons. The van der Waals surface area contributed by atoms with Crippen molar-refractivity contribution in [2.24, 2.45) is 0 Å². The van der Waals surface area contributed by atoms with Gasteiger partial charge >= 0.3 is 5.97 Å². The molecule has 0 saturated heterocycles. The molecule has 2 aromatic rings. The molecule has 0 aliphatic rings. The Morgan fingerprint density at radius 2 is 1.73 bits per heavy atom. The Bertz CT molecular complexity index is 742. The van der Waals surface area contributed by atoms with Crippen LogP contribution in [0.4, 0.5) is 5.69 Å². The highest BCUT2D eigenvalue weighted by atomic mass is 16.6. The molecule has 6 nitrogen and oxygen atoms in total. The van der Waals surface area contributed by atoms with Crippen LogP contribution in [0.3, 0.4) is 0 Å². The van der Waals surface area contributed by atoms with Crippen molar-refractivity contribution >= 4 is 17.6 Å². The summed E-state index contributed by atoms with van der Waals surface area (Å²) in [7, 11) is 1.53. The molecule has 26 heavy (non-hydrogen) atoms. The van der Waals surface area contributed by atoms with Crippen molar-refractivity contribution in [3.63, 3.8) is 0 Å². The van der Waals surface area contributed by atoms with Gasteiger partial charge in [-0.1, -0.05) is 18.2 Å². The Hall–Kier alpha value is -2.86. The van der Waals surface area contributed by atoms with Crippen LogP contribution in [-0.2, 0) is 14.3 Å². The van der Waals surface area contributed by atoms with E-state index in [1.54, 1.807) is 31.2 Å². The molecular formula is C20H23NO5. The number of nitrogens with one attached hydrogen (secondary N) is 1. The first-order chi connectivity index (χ1) is 12.5. The molecule has 0 fully saturated rings. The molecule has 2 rings (SSSR count). The van der Waals surface area contributed by atoms with Gasteiger partial charge in [0.1, 0.15) is 12.4 Å². The first-order valence-electron chi connectivity index (χ1n) is 8.30. The average Bonchev–Trinajstić information content (AvgIpc) is 2.64. The van der Waals surface area contributed by atoms with E-state index in [2.05, 4.69) is 5.32 Å².